The summed E-state index contributed by atoms with van der Waals surface area (Å²) in [6.07, 6.45) is 4.59. The van der Waals surface area contributed by atoms with E-state index in [0.29, 0.717) is 5.69 Å². The van der Waals surface area contributed by atoms with Crippen molar-refractivity contribution in [1.29, 1.82) is 0 Å². The van der Waals surface area contributed by atoms with Gasteiger partial charge >= 0.3 is 0 Å². The van der Waals surface area contributed by atoms with Crippen molar-refractivity contribution in [2.45, 2.75) is 26.2 Å². The van der Waals surface area contributed by atoms with Gasteiger partial charge in [-0.15, -0.1) is 0 Å². The van der Waals surface area contributed by atoms with Gasteiger partial charge in [0.05, 0.1) is 5.69 Å². The molecule has 1 saturated carbocycles. The third-order valence-electron chi connectivity index (χ3n) is 3.15. The largest absolute Gasteiger partial charge is 0.506 e. The number of hydrogen-bond donors (Lipinski definition) is 2. The molecule has 1 aliphatic rings. The van der Waals surface area contributed by atoms with Crippen molar-refractivity contribution in [3.63, 3.8) is 0 Å². The first kappa shape index (κ1) is 11.7. The number of nitrogens with one attached hydrogen (secondary N) is 1. The first-order chi connectivity index (χ1) is 8.18. The van der Waals surface area contributed by atoms with Crippen LogP contribution in [0.15, 0.2) is 36.0 Å². The average Bonchev–Trinajstić information content (AvgIpc) is 2.33. The standard InChI is InChI=1S/C14H17NO2/c1-10-5-4-6-11(14(10)17)9-15-12-7-2-3-8-13(12)16/h2-3,7-10,15-16H,4-6H2,1H3/t10-/m1/s1. The molecule has 17 heavy (non-hydrogen) atoms. The van der Waals surface area contributed by atoms with Gasteiger partial charge in [-0.25, -0.2) is 0 Å². The Morgan fingerprint density at radius 1 is 1.41 bits per heavy atom. The average molecular weight is 231 g/mol. The molecular weight excluding hydrogens is 214 g/mol. The van der Waals surface area contributed by atoms with Gasteiger partial charge in [0.2, 0.25) is 0 Å². The highest BCUT2D eigenvalue weighted by molar-refractivity contribution is 5.97. The molecule has 2 rings (SSSR count). The first-order valence-corrected chi connectivity index (χ1v) is 5.96. The highest BCUT2D eigenvalue weighted by Crippen LogP contribution is 2.26. The van der Waals surface area contributed by atoms with E-state index in [1.54, 1.807) is 24.4 Å². The van der Waals surface area contributed by atoms with Crippen molar-refractivity contribution in [1.82, 2.24) is 0 Å². The number of hydrogen-bond acceptors (Lipinski definition) is 3. The van der Waals surface area contributed by atoms with Crippen molar-refractivity contribution < 1.29 is 9.90 Å². The number of carbonyl (C=O) groups excluding carboxylic acids is 1. The number of para-hydroxylation sites is 2. The molecule has 0 amide bonds. The number of phenols is 1. The Morgan fingerprint density at radius 2 is 2.18 bits per heavy atom. The van der Waals surface area contributed by atoms with E-state index < -0.39 is 0 Å². The number of Topliss-reactive ketones (excluding diaryl/α,β-unsaturated/α-hetero) is 1. The predicted octanol–water partition coefficient (Wildman–Crippen LogP) is 3.08. The quantitative estimate of drug-likeness (QED) is 0.607. The lowest BCUT2D eigenvalue weighted by Crippen LogP contribution is -2.19. The summed E-state index contributed by atoms with van der Waals surface area (Å²) in [4.78, 5) is 11.9. The Bertz CT molecular complexity index is 451. The number of benzene rings is 1. The second-order valence-corrected chi connectivity index (χ2v) is 4.49. The topological polar surface area (TPSA) is 49.3 Å². The van der Waals surface area contributed by atoms with Gasteiger partial charge in [-0.05, 0) is 31.4 Å². The number of allylic oxidation sites excluding steroid dienone is 1. The molecule has 0 saturated heterocycles. The van der Waals surface area contributed by atoms with Crippen LogP contribution in [-0.4, -0.2) is 10.9 Å². The van der Waals surface area contributed by atoms with Gasteiger partial charge in [-0.2, -0.15) is 0 Å². The number of carbonyl (C=O) groups is 1. The van der Waals surface area contributed by atoms with Crippen molar-refractivity contribution in [3.8, 4) is 5.75 Å². The fraction of sp³-hybridized carbons (Fsp3) is 0.357. The zero-order valence-electron chi connectivity index (χ0n) is 9.94. The van der Waals surface area contributed by atoms with E-state index in [4.69, 9.17) is 0 Å². The summed E-state index contributed by atoms with van der Waals surface area (Å²) in [5, 5.41) is 12.6. The number of ketones is 1. The van der Waals surface area contributed by atoms with Crippen molar-refractivity contribution in [2.75, 3.05) is 5.32 Å². The highest BCUT2D eigenvalue weighted by Gasteiger charge is 2.22. The Hall–Kier alpha value is -1.77. The van der Waals surface area contributed by atoms with E-state index in [-0.39, 0.29) is 17.5 Å². The molecule has 0 radical (unpaired) electrons. The maximum absolute atomic E-state index is 11.9. The lowest BCUT2D eigenvalue weighted by atomic mass is 9.86. The molecule has 0 aromatic heterocycles. The van der Waals surface area contributed by atoms with Crippen LogP contribution in [0.3, 0.4) is 0 Å². The molecular formula is C14H17NO2. The molecule has 2 N–H and O–H groups in total. The number of anilines is 1. The van der Waals surface area contributed by atoms with Crippen LogP contribution in [0.2, 0.25) is 0 Å². The lowest BCUT2D eigenvalue weighted by molar-refractivity contribution is -0.119. The molecule has 1 atom stereocenters. The Kier molecular flexibility index (Phi) is 3.47. The summed E-state index contributed by atoms with van der Waals surface area (Å²) >= 11 is 0. The van der Waals surface area contributed by atoms with Gasteiger partial charge in [0.1, 0.15) is 5.75 Å². The minimum Gasteiger partial charge on any atom is -0.506 e. The van der Waals surface area contributed by atoms with E-state index in [1.165, 1.54) is 0 Å². The Morgan fingerprint density at radius 3 is 2.94 bits per heavy atom. The summed E-state index contributed by atoms with van der Waals surface area (Å²) in [5.74, 6) is 0.543. The molecule has 0 bridgehead atoms. The Labute approximate surface area is 101 Å². The summed E-state index contributed by atoms with van der Waals surface area (Å²) in [6, 6.07) is 7.00. The second-order valence-electron chi connectivity index (χ2n) is 4.49. The zero-order valence-corrected chi connectivity index (χ0v) is 9.94. The minimum absolute atomic E-state index is 0.126. The van der Waals surface area contributed by atoms with E-state index >= 15 is 0 Å². The number of aromatic hydroxyl groups is 1. The molecule has 3 nitrogen and oxygen atoms in total. The normalized spacial score (nSPS) is 22.8. The molecule has 0 aliphatic heterocycles. The van der Waals surface area contributed by atoms with Gasteiger partial charge in [0, 0.05) is 17.7 Å². The molecule has 90 valence electrons. The third kappa shape index (κ3) is 2.67. The minimum atomic E-state index is 0.126. The second kappa shape index (κ2) is 5.04. The van der Waals surface area contributed by atoms with Gasteiger partial charge in [0.25, 0.3) is 0 Å². The molecule has 0 unspecified atom stereocenters. The summed E-state index contributed by atoms with van der Waals surface area (Å²) in [7, 11) is 0. The molecule has 1 aromatic rings. The van der Waals surface area contributed by atoms with Crippen LogP contribution in [0.25, 0.3) is 0 Å². The predicted molar refractivity (Wildman–Crippen MR) is 67.8 cm³/mol. The maximum Gasteiger partial charge on any atom is 0.163 e. The molecule has 0 heterocycles. The zero-order chi connectivity index (χ0) is 12.3. The van der Waals surface area contributed by atoms with Crippen LogP contribution in [-0.2, 0) is 4.79 Å². The third-order valence-corrected chi connectivity index (χ3v) is 3.15. The summed E-state index contributed by atoms with van der Waals surface area (Å²) in [5.41, 5.74) is 1.46. The van der Waals surface area contributed by atoms with Crippen LogP contribution >= 0.6 is 0 Å². The fourth-order valence-electron chi connectivity index (χ4n) is 2.07. The fourth-order valence-corrected chi connectivity index (χ4v) is 2.07. The maximum atomic E-state index is 11.9. The van der Waals surface area contributed by atoms with E-state index in [9.17, 15) is 9.90 Å². The first-order valence-electron chi connectivity index (χ1n) is 5.96. The van der Waals surface area contributed by atoms with E-state index in [2.05, 4.69) is 5.32 Å². The van der Waals surface area contributed by atoms with Crippen LogP contribution in [0.1, 0.15) is 26.2 Å². The number of rotatable bonds is 2. The molecule has 0 spiro atoms. The summed E-state index contributed by atoms with van der Waals surface area (Å²) in [6.45, 7) is 1.97. The SMILES string of the molecule is C[C@@H]1CCCC(=CNc2ccccc2O)C1=O. The van der Waals surface area contributed by atoms with Crippen LogP contribution in [0.4, 0.5) is 5.69 Å². The lowest BCUT2D eigenvalue weighted by Gasteiger charge is -2.19. The van der Waals surface area contributed by atoms with Gasteiger partial charge < -0.3 is 10.4 Å². The monoisotopic (exact) mass is 231 g/mol. The number of phenolic OH excluding ortho intramolecular Hbond substituents is 1. The van der Waals surface area contributed by atoms with Crippen LogP contribution in [0.5, 0.6) is 5.75 Å². The molecule has 1 fully saturated rings. The van der Waals surface area contributed by atoms with Crippen molar-refractivity contribution in [2.24, 2.45) is 5.92 Å². The molecule has 3 heteroatoms. The van der Waals surface area contributed by atoms with E-state index in [1.807, 2.05) is 13.0 Å². The van der Waals surface area contributed by atoms with Crippen molar-refractivity contribution in [3.05, 3.63) is 36.0 Å². The van der Waals surface area contributed by atoms with Crippen LogP contribution < -0.4 is 5.32 Å². The molecule has 1 aromatic carbocycles. The van der Waals surface area contributed by atoms with Gasteiger partial charge in [0.15, 0.2) is 5.78 Å². The van der Waals surface area contributed by atoms with E-state index in [0.717, 1.165) is 24.8 Å². The summed E-state index contributed by atoms with van der Waals surface area (Å²) < 4.78 is 0. The van der Waals surface area contributed by atoms with Gasteiger partial charge in [-0.1, -0.05) is 19.1 Å². The molecule has 1 aliphatic carbocycles. The van der Waals surface area contributed by atoms with Crippen LogP contribution in [0, 0.1) is 5.92 Å². The van der Waals surface area contributed by atoms with Gasteiger partial charge in [-0.3, -0.25) is 4.79 Å². The Balaban J connectivity index is 2.10. The highest BCUT2D eigenvalue weighted by atomic mass is 16.3. The van der Waals surface area contributed by atoms with Crippen molar-refractivity contribution >= 4 is 11.5 Å². The smallest absolute Gasteiger partial charge is 0.163 e.